The second-order valence-corrected chi connectivity index (χ2v) is 4.67. The summed E-state index contributed by atoms with van der Waals surface area (Å²) in [7, 11) is 1.35. The maximum absolute atomic E-state index is 10.9. The van der Waals surface area contributed by atoms with E-state index >= 15 is 0 Å². The highest BCUT2D eigenvalue weighted by molar-refractivity contribution is 5.69. The Kier molecular flexibility index (Phi) is 4.43. The highest BCUT2D eigenvalue weighted by Gasteiger charge is 2.16. The number of methoxy groups -OCH3 is 1. The summed E-state index contributed by atoms with van der Waals surface area (Å²) in [6.45, 7) is 6.45. The van der Waals surface area contributed by atoms with Crippen molar-refractivity contribution in [2.24, 2.45) is 0 Å². The molecule has 94 valence electrons. The van der Waals surface area contributed by atoms with Crippen LogP contribution < -0.4 is 4.74 Å². The van der Waals surface area contributed by atoms with Crippen molar-refractivity contribution in [2.45, 2.75) is 32.6 Å². The first kappa shape index (κ1) is 13.4. The number of aromatic nitrogens is 2. The number of hydrogen-bond donors (Lipinski definition) is 0. The minimum absolute atomic E-state index is 0.0522. The maximum Gasteiger partial charge on any atom is 0.308 e. The molecule has 0 unspecified atom stereocenters. The van der Waals surface area contributed by atoms with Gasteiger partial charge in [-0.2, -0.15) is 0 Å². The molecule has 5 nitrogen and oxygen atoms in total. The van der Waals surface area contributed by atoms with E-state index in [1.807, 2.05) is 0 Å². The first-order valence-electron chi connectivity index (χ1n) is 5.45. The fourth-order valence-corrected chi connectivity index (χ4v) is 1.17. The largest absolute Gasteiger partial charge is 0.477 e. The average molecular weight is 238 g/mol. The van der Waals surface area contributed by atoms with E-state index in [1.165, 1.54) is 13.4 Å². The monoisotopic (exact) mass is 238 g/mol. The molecule has 1 aromatic rings. The quantitative estimate of drug-likeness (QED) is 0.747. The van der Waals surface area contributed by atoms with E-state index in [-0.39, 0.29) is 24.4 Å². The third-order valence-electron chi connectivity index (χ3n) is 2.19. The Labute approximate surface area is 101 Å². The van der Waals surface area contributed by atoms with Gasteiger partial charge in [0, 0.05) is 11.5 Å². The second kappa shape index (κ2) is 5.61. The van der Waals surface area contributed by atoms with Crippen molar-refractivity contribution in [1.82, 2.24) is 9.97 Å². The SMILES string of the molecule is COC(=O)CCOc1cc(C(C)(C)C)ncn1. The van der Waals surface area contributed by atoms with Crippen molar-refractivity contribution >= 4 is 5.97 Å². The first-order valence-corrected chi connectivity index (χ1v) is 5.45. The molecule has 1 aromatic heterocycles. The van der Waals surface area contributed by atoms with E-state index in [9.17, 15) is 4.79 Å². The molecule has 0 radical (unpaired) electrons. The molecule has 0 atom stereocenters. The second-order valence-electron chi connectivity index (χ2n) is 4.67. The number of hydrogen-bond acceptors (Lipinski definition) is 5. The van der Waals surface area contributed by atoms with Gasteiger partial charge in [-0.25, -0.2) is 9.97 Å². The topological polar surface area (TPSA) is 61.3 Å². The first-order chi connectivity index (χ1) is 7.93. The molecule has 0 N–H and O–H groups in total. The van der Waals surface area contributed by atoms with Crippen molar-refractivity contribution in [3.05, 3.63) is 18.1 Å². The van der Waals surface area contributed by atoms with Crippen molar-refractivity contribution in [2.75, 3.05) is 13.7 Å². The molecule has 0 aliphatic rings. The number of rotatable bonds is 4. The Morgan fingerprint density at radius 2 is 2.06 bits per heavy atom. The van der Waals surface area contributed by atoms with Gasteiger partial charge in [-0.05, 0) is 0 Å². The summed E-state index contributed by atoms with van der Waals surface area (Å²) in [4.78, 5) is 19.1. The molecule has 17 heavy (non-hydrogen) atoms. The van der Waals surface area contributed by atoms with Crippen LogP contribution in [0.1, 0.15) is 32.9 Å². The molecule has 0 aliphatic heterocycles. The lowest BCUT2D eigenvalue weighted by molar-refractivity contribution is -0.141. The Hall–Kier alpha value is -1.65. The zero-order valence-electron chi connectivity index (χ0n) is 10.7. The minimum Gasteiger partial charge on any atom is -0.477 e. The number of esters is 1. The molecule has 0 aliphatic carbocycles. The van der Waals surface area contributed by atoms with Gasteiger partial charge in [0.1, 0.15) is 12.9 Å². The van der Waals surface area contributed by atoms with Crippen molar-refractivity contribution in [3.63, 3.8) is 0 Å². The summed E-state index contributed by atoms with van der Waals surface area (Å²) < 4.78 is 9.88. The van der Waals surface area contributed by atoms with Crippen LogP contribution >= 0.6 is 0 Å². The summed E-state index contributed by atoms with van der Waals surface area (Å²) >= 11 is 0. The van der Waals surface area contributed by atoms with Crippen molar-refractivity contribution in [3.8, 4) is 5.88 Å². The molecule has 0 fully saturated rings. The third-order valence-corrected chi connectivity index (χ3v) is 2.19. The van der Waals surface area contributed by atoms with Crippen LogP contribution in [0.5, 0.6) is 5.88 Å². The molecule has 1 rings (SSSR count). The van der Waals surface area contributed by atoms with E-state index in [2.05, 4.69) is 35.5 Å². The van der Waals surface area contributed by atoms with Crippen LogP contribution in [0, 0.1) is 0 Å². The Morgan fingerprint density at radius 3 is 2.65 bits per heavy atom. The zero-order valence-corrected chi connectivity index (χ0v) is 10.7. The lowest BCUT2D eigenvalue weighted by Gasteiger charge is -2.17. The number of ether oxygens (including phenoxy) is 2. The predicted octanol–water partition coefficient (Wildman–Crippen LogP) is 1.72. The average Bonchev–Trinajstić information content (AvgIpc) is 2.28. The fourth-order valence-electron chi connectivity index (χ4n) is 1.17. The normalized spacial score (nSPS) is 11.1. The molecule has 0 saturated carbocycles. The minimum atomic E-state index is -0.296. The van der Waals surface area contributed by atoms with Gasteiger partial charge in [0.25, 0.3) is 0 Å². The highest BCUT2D eigenvalue weighted by Crippen LogP contribution is 2.21. The Morgan fingerprint density at radius 1 is 1.35 bits per heavy atom. The standard InChI is InChI=1S/C12H18N2O3/c1-12(2,3)9-7-10(14-8-13-9)17-6-5-11(15)16-4/h7-8H,5-6H2,1-4H3. The van der Waals surface area contributed by atoms with Crippen LogP contribution in [0.4, 0.5) is 0 Å². The van der Waals surface area contributed by atoms with Crippen LogP contribution in [-0.4, -0.2) is 29.7 Å². The number of carbonyl (C=O) groups excluding carboxylic acids is 1. The maximum atomic E-state index is 10.9. The summed E-state index contributed by atoms with van der Waals surface area (Å²) in [6.07, 6.45) is 1.68. The summed E-state index contributed by atoms with van der Waals surface area (Å²) in [5.41, 5.74) is 0.851. The van der Waals surface area contributed by atoms with Gasteiger partial charge in [-0.3, -0.25) is 4.79 Å². The van der Waals surface area contributed by atoms with E-state index < -0.39 is 0 Å². The lowest BCUT2D eigenvalue weighted by atomic mass is 9.92. The van der Waals surface area contributed by atoms with Gasteiger partial charge in [-0.15, -0.1) is 0 Å². The van der Waals surface area contributed by atoms with Crippen LogP contribution in [0.2, 0.25) is 0 Å². The van der Waals surface area contributed by atoms with Crippen LogP contribution in [0.3, 0.4) is 0 Å². The van der Waals surface area contributed by atoms with Crippen molar-refractivity contribution < 1.29 is 14.3 Å². The molecule has 0 aromatic carbocycles. The predicted molar refractivity (Wildman–Crippen MR) is 62.9 cm³/mol. The molecular formula is C12H18N2O3. The van der Waals surface area contributed by atoms with E-state index in [0.29, 0.717) is 5.88 Å². The molecule has 0 saturated heterocycles. The van der Waals surface area contributed by atoms with E-state index in [4.69, 9.17) is 4.74 Å². The molecule has 1 heterocycles. The summed E-state index contributed by atoms with van der Waals surface area (Å²) in [6, 6.07) is 1.79. The number of nitrogens with zero attached hydrogens (tertiary/aromatic N) is 2. The summed E-state index contributed by atoms with van der Waals surface area (Å²) in [5, 5.41) is 0. The zero-order chi connectivity index (χ0) is 12.9. The molecular weight excluding hydrogens is 220 g/mol. The molecule has 0 amide bonds. The van der Waals surface area contributed by atoms with E-state index in [1.54, 1.807) is 6.07 Å². The van der Waals surface area contributed by atoms with Gasteiger partial charge in [0.15, 0.2) is 0 Å². The van der Waals surface area contributed by atoms with Gasteiger partial charge >= 0.3 is 5.97 Å². The highest BCUT2D eigenvalue weighted by atomic mass is 16.5. The van der Waals surface area contributed by atoms with Crippen molar-refractivity contribution in [1.29, 1.82) is 0 Å². The fraction of sp³-hybridized carbons (Fsp3) is 0.583. The van der Waals surface area contributed by atoms with Gasteiger partial charge in [-0.1, -0.05) is 20.8 Å². The smallest absolute Gasteiger partial charge is 0.308 e. The lowest BCUT2D eigenvalue weighted by Crippen LogP contribution is -2.14. The summed E-state index contributed by atoms with van der Waals surface area (Å²) in [5.74, 6) is 0.184. The van der Waals surface area contributed by atoms with Crippen LogP contribution in [-0.2, 0) is 14.9 Å². The van der Waals surface area contributed by atoms with Gasteiger partial charge in [0.2, 0.25) is 5.88 Å². The molecule has 5 heteroatoms. The number of carbonyl (C=O) groups is 1. The van der Waals surface area contributed by atoms with Crippen LogP contribution in [0.25, 0.3) is 0 Å². The Bertz CT molecular complexity index is 386. The molecule has 0 bridgehead atoms. The Balaban J connectivity index is 2.58. The van der Waals surface area contributed by atoms with Gasteiger partial charge < -0.3 is 9.47 Å². The third kappa shape index (κ3) is 4.38. The molecule has 0 spiro atoms. The van der Waals surface area contributed by atoms with Crippen LogP contribution in [0.15, 0.2) is 12.4 Å². The van der Waals surface area contributed by atoms with E-state index in [0.717, 1.165) is 5.69 Å². The van der Waals surface area contributed by atoms with Gasteiger partial charge in [0.05, 0.1) is 19.2 Å².